The summed E-state index contributed by atoms with van der Waals surface area (Å²) in [6.07, 6.45) is 1.83. The number of carbonyl (C=O) groups is 3. The zero-order valence-electron chi connectivity index (χ0n) is 15.4. The maximum Gasteiger partial charge on any atom is 0.410 e. The van der Waals surface area contributed by atoms with Crippen molar-refractivity contribution in [1.82, 2.24) is 14.7 Å². The summed E-state index contributed by atoms with van der Waals surface area (Å²) in [4.78, 5) is 41.7. The van der Waals surface area contributed by atoms with E-state index in [4.69, 9.17) is 4.74 Å². The highest BCUT2D eigenvalue weighted by atomic mass is 16.6. The van der Waals surface area contributed by atoms with Gasteiger partial charge in [0.1, 0.15) is 13.2 Å². The molecule has 1 spiro atoms. The van der Waals surface area contributed by atoms with Crippen molar-refractivity contribution in [3.63, 3.8) is 0 Å². The van der Waals surface area contributed by atoms with Crippen LogP contribution in [0.4, 0.5) is 4.79 Å². The maximum absolute atomic E-state index is 12.5. The Morgan fingerprint density at radius 2 is 1.78 bits per heavy atom. The Morgan fingerprint density at radius 1 is 1.04 bits per heavy atom. The second-order valence-corrected chi connectivity index (χ2v) is 7.83. The van der Waals surface area contributed by atoms with E-state index in [1.54, 1.807) is 0 Å². The number of nitrogens with zero attached hydrogens (tertiary/aromatic N) is 3. The van der Waals surface area contributed by atoms with Crippen LogP contribution >= 0.6 is 0 Å². The Morgan fingerprint density at radius 3 is 2.44 bits per heavy atom. The van der Waals surface area contributed by atoms with Crippen LogP contribution in [0.5, 0.6) is 0 Å². The molecule has 0 unspecified atom stereocenters. The van der Waals surface area contributed by atoms with Crippen molar-refractivity contribution >= 4 is 17.9 Å². The Hall–Kier alpha value is -2.57. The topological polar surface area (TPSA) is 70.2 Å². The highest BCUT2D eigenvalue weighted by Crippen LogP contribution is 2.41. The molecule has 7 nitrogen and oxygen atoms in total. The molecular weight excluding hydrogens is 346 g/mol. The van der Waals surface area contributed by atoms with Crippen LogP contribution in [-0.4, -0.2) is 71.9 Å². The lowest BCUT2D eigenvalue weighted by atomic mass is 9.77. The summed E-state index contributed by atoms with van der Waals surface area (Å²) in [5.41, 5.74) is 1.13. The van der Waals surface area contributed by atoms with Gasteiger partial charge in [-0.05, 0) is 18.4 Å². The van der Waals surface area contributed by atoms with Crippen LogP contribution in [-0.2, 0) is 20.9 Å². The van der Waals surface area contributed by atoms with Crippen molar-refractivity contribution in [3.05, 3.63) is 35.9 Å². The van der Waals surface area contributed by atoms with Gasteiger partial charge in [-0.2, -0.15) is 0 Å². The molecule has 3 fully saturated rings. The third kappa shape index (κ3) is 3.77. The van der Waals surface area contributed by atoms with Gasteiger partial charge in [0.15, 0.2) is 0 Å². The molecule has 3 heterocycles. The zero-order valence-corrected chi connectivity index (χ0v) is 15.4. The Bertz CT molecular complexity index is 728. The van der Waals surface area contributed by atoms with E-state index in [0.29, 0.717) is 39.2 Å². The molecule has 3 aliphatic rings. The number of piperidine rings is 1. The standard InChI is InChI=1S/C20H25N3O4/c24-17-12-20(15-23(17)13-16-4-2-1-3-5-16)6-8-21(9-7-20)18(25)14-22-10-11-27-19(22)26/h1-5H,6-15H2. The van der Waals surface area contributed by atoms with E-state index in [1.807, 2.05) is 40.1 Å². The summed E-state index contributed by atoms with van der Waals surface area (Å²) < 4.78 is 4.88. The first-order chi connectivity index (χ1) is 13.0. The summed E-state index contributed by atoms with van der Waals surface area (Å²) >= 11 is 0. The summed E-state index contributed by atoms with van der Waals surface area (Å²) in [6, 6.07) is 10.1. The van der Waals surface area contributed by atoms with Crippen molar-refractivity contribution in [1.29, 1.82) is 0 Å². The van der Waals surface area contributed by atoms with Crippen LogP contribution in [0.3, 0.4) is 0 Å². The van der Waals surface area contributed by atoms with Crippen LogP contribution in [0.2, 0.25) is 0 Å². The van der Waals surface area contributed by atoms with E-state index >= 15 is 0 Å². The second-order valence-electron chi connectivity index (χ2n) is 7.83. The molecule has 0 aliphatic carbocycles. The summed E-state index contributed by atoms with van der Waals surface area (Å²) in [5, 5.41) is 0. The van der Waals surface area contributed by atoms with Gasteiger partial charge in [0.05, 0.1) is 6.54 Å². The maximum atomic E-state index is 12.5. The van der Waals surface area contributed by atoms with Gasteiger partial charge in [0.25, 0.3) is 0 Å². The smallest absolute Gasteiger partial charge is 0.410 e. The van der Waals surface area contributed by atoms with Gasteiger partial charge in [-0.15, -0.1) is 0 Å². The number of rotatable bonds is 4. The average Bonchev–Trinajstić information content (AvgIpc) is 3.20. The largest absolute Gasteiger partial charge is 0.448 e. The minimum absolute atomic E-state index is 0.0186. The fraction of sp³-hybridized carbons (Fsp3) is 0.550. The SMILES string of the molecule is O=C(CN1CCOC1=O)N1CCC2(CC1)CC(=O)N(Cc1ccccc1)C2. The molecule has 0 radical (unpaired) electrons. The Labute approximate surface area is 158 Å². The van der Waals surface area contributed by atoms with Crippen LogP contribution in [0, 0.1) is 5.41 Å². The van der Waals surface area contributed by atoms with Gasteiger partial charge in [0, 0.05) is 38.0 Å². The van der Waals surface area contributed by atoms with E-state index in [9.17, 15) is 14.4 Å². The van der Waals surface area contributed by atoms with E-state index in [-0.39, 0.29) is 23.8 Å². The number of likely N-dealkylation sites (tertiary alicyclic amines) is 2. The van der Waals surface area contributed by atoms with Crippen LogP contribution in [0.15, 0.2) is 30.3 Å². The molecule has 3 amide bonds. The number of amides is 3. The summed E-state index contributed by atoms with van der Waals surface area (Å²) in [5.74, 6) is 0.174. The van der Waals surface area contributed by atoms with Crippen LogP contribution in [0.1, 0.15) is 24.8 Å². The summed E-state index contributed by atoms with van der Waals surface area (Å²) in [7, 11) is 0. The van der Waals surface area contributed by atoms with E-state index in [0.717, 1.165) is 24.9 Å². The van der Waals surface area contributed by atoms with Gasteiger partial charge in [-0.1, -0.05) is 30.3 Å². The van der Waals surface area contributed by atoms with Gasteiger partial charge in [-0.3, -0.25) is 14.5 Å². The zero-order chi connectivity index (χ0) is 18.9. The lowest BCUT2D eigenvalue weighted by Crippen LogP contribution is -2.47. The third-order valence-corrected chi connectivity index (χ3v) is 5.97. The number of benzene rings is 1. The summed E-state index contributed by atoms with van der Waals surface area (Å²) in [6.45, 7) is 3.63. The van der Waals surface area contributed by atoms with Crippen molar-refractivity contribution in [2.45, 2.75) is 25.8 Å². The first-order valence-electron chi connectivity index (χ1n) is 9.56. The monoisotopic (exact) mass is 371 g/mol. The molecular formula is C20H25N3O4. The first kappa shape index (κ1) is 17.8. The molecule has 144 valence electrons. The molecule has 0 aromatic heterocycles. The molecule has 0 N–H and O–H groups in total. The van der Waals surface area contributed by atoms with Gasteiger partial charge < -0.3 is 14.5 Å². The quantitative estimate of drug-likeness (QED) is 0.804. The predicted molar refractivity (Wildman–Crippen MR) is 97.6 cm³/mol. The molecule has 4 rings (SSSR count). The minimum Gasteiger partial charge on any atom is -0.448 e. The highest BCUT2D eigenvalue weighted by Gasteiger charge is 2.45. The third-order valence-electron chi connectivity index (χ3n) is 5.97. The van der Waals surface area contributed by atoms with Crippen molar-refractivity contribution in [2.24, 2.45) is 5.41 Å². The van der Waals surface area contributed by atoms with Crippen molar-refractivity contribution in [2.75, 3.05) is 39.3 Å². The molecule has 3 aliphatic heterocycles. The lowest BCUT2D eigenvalue weighted by Gasteiger charge is -2.39. The normalized spacial score (nSPS) is 21.9. The van der Waals surface area contributed by atoms with Gasteiger partial charge >= 0.3 is 6.09 Å². The predicted octanol–water partition coefficient (Wildman–Crippen LogP) is 1.48. The van der Waals surface area contributed by atoms with E-state index in [2.05, 4.69) is 0 Å². The molecule has 0 bridgehead atoms. The second kappa shape index (κ2) is 7.21. The van der Waals surface area contributed by atoms with Crippen molar-refractivity contribution < 1.29 is 19.1 Å². The fourth-order valence-electron chi connectivity index (χ4n) is 4.33. The van der Waals surface area contributed by atoms with E-state index < -0.39 is 6.09 Å². The molecule has 3 saturated heterocycles. The number of hydrogen-bond acceptors (Lipinski definition) is 4. The van der Waals surface area contributed by atoms with Crippen LogP contribution in [0.25, 0.3) is 0 Å². The van der Waals surface area contributed by atoms with Gasteiger partial charge in [0.2, 0.25) is 11.8 Å². The first-order valence-corrected chi connectivity index (χ1v) is 9.56. The van der Waals surface area contributed by atoms with Crippen LogP contribution < -0.4 is 0 Å². The molecule has 7 heteroatoms. The number of ether oxygens (including phenoxy) is 1. The number of carbonyl (C=O) groups excluding carboxylic acids is 3. The number of cyclic esters (lactones) is 1. The van der Waals surface area contributed by atoms with Crippen molar-refractivity contribution in [3.8, 4) is 0 Å². The molecule has 1 aromatic carbocycles. The Balaban J connectivity index is 1.31. The lowest BCUT2D eigenvalue weighted by molar-refractivity contribution is -0.133. The number of hydrogen-bond donors (Lipinski definition) is 0. The minimum atomic E-state index is -0.408. The highest BCUT2D eigenvalue weighted by molar-refractivity contribution is 5.83. The molecule has 1 aromatic rings. The Kier molecular flexibility index (Phi) is 4.76. The average molecular weight is 371 g/mol. The van der Waals surface area contributed by atoms with E-state index in [1.165, 1.54) is 4.90 Å². The van der Waals surface area contributed by atoms with Gasteiger partial charge in [-0.25, -0.2) is 4.79 Å². The fourth-order valence-corrected chi connectivity index (χ4v) is 4.33. The molecule has 0 saturated carbocycles. The molecule has 0 atom stereocenters. The molecule has 27 heavy (non-hydrogen) atoms.